The minimum Gasteiger partial charge on any atom is -0.487 e. The molecule has 4 rings (SSSR count). The van der Waals surface area contributed by atoms with E-state index in [1.54, 1.807) is 0 Å². The molecule has 0 aromatic heterocycles. The summed E-state index contributed by atoms with van der Waals surface area (Å²) in [6.45, 7) is 2.34. The van der Waals surface area contributed by atoms with Gasteiger partial charge in [0.15, 0.2) is 0 Å². The van der Waals surface area contributed by atoms with Crippen molar-refractivity contribution in [2.24, 2.45) is 5.73 Å². The third kappa shape index (κ3) is 2.39. The standard InChI is InChI=1S/C20H18N2O3/c1-2-13(19(21)23)11-7-8-12-10-25-18(15(12)9-11)17-14-5-3-4-6-16(14)22-20(17)24/h3-9,13H,2,10H2,1H3,(H2,21,23)(H,22,24)/b18-17-. The van der Waals surface area contributed by atoms with E-state index in [0.29, 0.717) is 24.4 Å². The molecule has 2 aromatic carbocycles. The van der Waals surface area contributed by atoms with E-state index in [-0.39, 0.29) is 17.7 Å². The molecule has 25 heavy (non-hydrogen) atoms. The topological polar surface area (TPSA) is 81.4 Å². The Hall–Kier alpha value is -3.08. The number of para-hydroxylation sites is 1. The molecule has 0 aliphatic carbocycles. The van der Waals surface area contributed by atoms with Gasteiger partial charge in [-0.25, -0.2) is 0 Å². The largest absolute Gasteiger partial charge is 0.487 e. The van der Waals surface area contributed by atoms with E-state index in [4.69, 9.17) is 10.5 Å². The maximum absolute atomic E-state index is 12.5. The molecule has 0 saturated carbocycles. The van der Waals surface area contributed by atoms with E-state index in [0.717, 1.165) is 27.9 Å². The Morgan fingerprint density at radius 1 is 1.24 bits per heavy atom. The number of nitrogens with two attached hydrogens (primary N) is 1. The molecule has 5 heteroatoms. The summed E-state index contributed by atoms with van der Waals surface area (Å²) in [7, 11) is 0. The highest BCUT2D eigenvalue weighted by molar-refractivity contribution is 6.36. The van der Waals surface area contributed by atoms with Gasteiger partial charge in [-0.05, 0) is 24.1 Å². The number of ether oxygens (including phenoxy) is 1. The van der Waals surface area contributed by atoms with Crippen LogP contribution in [0.15, 0.2) is 42.5 Å². The second kappa shape index (κ2) is 5.77. The first-order valence-electron chi connectivity index (χ1n) is 8.30. The predicted octanol–water partition coefficient (Wildman–Crippen LogP) is 3.02. The maximum atomic E-state index is 12.5. The summed E-state index contributed by atoms with van der Waals surface area (Å²) in [4.78, 5) is 24.2. The molecular formula is C20H18N2O3. The van der Waals surface area contributed by atoms with Crippen molar-refractivity contribution in [2.75, 3.05) is 5.32 Å². The molecule has 2 aliphatic heterocycles. The van der Waals surface area contributed by atoms with Crippen molar-refractivity contribution in [3.05, 3.63) is 64.7 Å². The van der Waals surface area contributed by atoms with Crippen LogP contribution in [0.25, 0.3) is 11.3 Å². The van der Waals surface area contributed by atoms with Gasteiger partial charge in [0.25, 0.3) is 5.91 Å². The van der Waals surface area contributed by atoms with Crippen LogP contribution in [0.1, 0.15) is 41.5 Å². The van der Waals surface area contributed by atoms with Crippen LogP contribution < -0.4 is 11.1 Å². The van der Waals surface area contributed by atoms with Crippen molar-refractivity contribution < 1.29 is 14.3 Å². The summed E-state index contributed by atoms with van der Waals surface area (Å²) in [6, 6.07) is 13.3. The molecule has 0 saturated heterocycles. The van der Waals surface area contributed by atoms with Crippen LogP contribution >= 0.6 is 0 Å². The zero-order valence-corrected chi connectivity index (χ0v) is 13.8. The number of hydrogen-bond acceptors (Lipinski definition) is 3. The van der Waals surface area contributed by atoms with Gasteiger partial charge in [0.05, 0.1) is 11.5 Å². The van der Waals surface area contributed by atoms with Crippen LogP contribution in [0.3, 0.4) is 0 Å². The quantitative estimate of drug-likeness (QED) is 0.847. The Kier molecular flexibility index (Phi) is 3.57. The molecule has 3 N–H and O–H groups in total. The third-order valence-electron chi connectivity index (χ3n) is 4.80. The number of carbonyl (C=O) groups is 2. The molecular weight excluding hydrogens is 316 g/mol. The van der Waals surface area contributed by atoms with E-state index in [9.17, 15) is 9.59 Å². The van der Waals surface area contributed by atoms with Crippen LogP contribution in [-0.2, 0) is 20.9 Å². The van der Waals surface area contributed by atoms with Crippen molar-refractivity contribution in [1.29, 1.82) is 0 Å². The minimum atomic E-state index is -0.348. The molecule has 0 radical (unpaired) electrons. The fraction of sp³-hybridized carbons (Fsp3) is 0.200. The number of anilines is 1. The molecule has 2 heterocycles. The molecule has 2 amide bonds. The number of hydrogen-bond donors (Lipinski definition) is 2. The normalized spacial score (nSPS) is 19.0. The Bertz CT molecular complexity index is 930. The summed E-state index contributed by atoms with van der Waals surface area (Å²) in [6.07, 6.45) is 0.629. The maximum Gasteiger partial charge on any atom is 0.260 e. The van der Waals surface area contributed by atoms with E-state index in [1.807, 2.05) is 49.4 Å². The molecule has 126 valence electrons. The fourth-order valence-corrected chi connectivity index (χ4v) is 3.53. The average Bonchev–Trinajstić information content (AvgIpc) is 3.14. The Labute approximate surface area is 145 Å². The smallest absolute Gasteiger partial charge is 0.260 e. The molecule has 5 nitrogen and oxygen atoms in total. The van der Waals surface area contributed by atoms with Crippen LogP contribution in [0.5, 0.6) is 0 Å². The highest BCUT2D eigenvalue weighted by Gasteiger charge is 2.32. The van der Waals surface area contributed by atoms with Crippen LogP contribution in [0.4, 0.5) is 5.69 Å². The minimum absolute atomic E-state index is 0.170. The third-order valence-corrected chi connectivity index (χ3v) is 4.80. The second-order valence-electron chi connectivity index (χ2n) is 6.27. The molecule has 0 spiro atoms. The molecule has 1 unspecified atom stereocenters. The van der Waals surface area contributed by atoms with Gasteiger partial charge in [-0.15, -0.1) is 0 Å². The molecule has 2 aromatic rings. The lowest BCUT2D eigenvalue weighted by atomic mass is 9.91. The summed E-state index contributed by atoms with van der Waals surface area (Å²) < 4.78 is 5.87. The molecule has 0 fully saturated rings. The van der Waals surface area contributed by atoms with Gasteiger partial charge in [-0.1, -0.05) is 37.3 Å². The SMILES string of the molecule is CCC(C(N)=O)c1ccc2c(c1)/C(=C1/C(=O)Nc3ccccc31)OC2. The van der Waals surface area contributed by atoms with Gasteiger partial charge < -0.3 is 15.8 Å². The first kappa shape index (κ1) is 15.4. The van der Waals surface area contributed by atoms with Crippen molar-refractivity contribution in [2.45, 2.75) is 25.9 Å². The molecule has 1 atom stereocenters. The number of benzene rings is 2. The number of carbonyl (C=O) groups excluding carboxylic acids is 2. The van der Waals surface area contributed by atoms with E-state index >= 15 is 0 Å². The van der Waals surface area contributed by atoms with Gasteiger partial charge in [0, 0.05) is 22.4 Å². The average molecular weight is 334 g/mol. The number of primary amides is 1. The highest BCUT2D eigenvalue weighted by Crippen LogP contribution is 2.42. The Morgan fingerprint density at radius 2 is 2.04 bits per heavy atom. The highest BCUT2D eigenvalue weighted by atomic mass is 16.5. The van der Waals surface area contributed by atoms with Gasteiger partial charge in [0.2, 0.25) is 5.91 Å². The van der Waals surface area contributed by atoms with Crippen LogP contribution in [0, 0.1) is 0 Å². The zero-order valence-electron chi connectivity index (χ0n) is 13.8. The fourth-order valence-electron chi connectivity index (χ4n) is 3.53. The first-order chi connectivity index (χ1) is 12.1. The second-order valence-corrected chi connectivity index (χ2v) is 6.27. The Morgan fingerprint density at radius 3 is 2.80 bits per heavy atom. The van der Waals surface area contributed by atoms with Crippen LogP contribution in [-0.4, -0.2) is 11.8 Å². The molecule has 0 bridgehead atoms. The lowest BCUT2D eigenvalue weighted by molar-refractivity contribution is -0.119. The van der Waals surface area contributed by atoms with Crippen LogP contribution in [0.2, 0.25) is 0 Å². The summed E-state index contributed by atoms with van der Waals surface area (Å²) in [5.74, 6) is -0.295. The summed E-state index contributed by atoms with van der Waals surface area (Å²) >= 11 is 0. The van der Waals surface area contributed by atoms with Crippen molar-refractivity contribution in [3.8, 4) is 0 Å². The zero-order chi connectivity index (χ0) is 17.6. The number of nitrogens with one attached hydrogen (secondary N) is 1. The monoisotopic (exact) mass is 334 g/mol. The van der Waals surface area contributed by atoms with Crippen molar-refractivity contribution in [3.63, 3.8) is 0 Å². The number of amides is 2. The van der Waals surface area contributed by atoms with Crippen molar-refractivity contribution >= 4 is 28.8 Å². The van der Waals surface area contributed by atoms with Crippen molar-refractivity contribution in [1.82, 2.24) is 0 Å². The van der Waals surface area contributed by atoms with Gasteiger partial charge in [-0.2, -0.15) is 0 Å². The van der Waals surface area contributed by atoms with Gasteiger partial charge in [-0.3, -0.25) is 9.59 Å². The lowest BCUT2D eigenvalue weighted by Crippen LogP contribution is -2.20. The Balaban J connectivity index is 1.87. The first-order valence-corrected chi connectivity index (χ1v) is 8.30. The predicted molar refractivity (Wildman–Crippen MR) is 95.3 cm³/mol. The lowest BCUT2D eigenvalue weighted by Gasteiger charge is -2.13. The van der Waals surface area contributed by atoms with Gasteiger partial charge in [0.1, 0.15) is 12.4 Å². The summed E-state index contributed by atoms with van der Waals surface area (Å²) in [5, 5.41) is 2.87. The van der Waals surface area contributed by atoms with E-state index in [1.165, 1.54) is 0 Å². The summed E-state index contributed by atoms with van der Waals surface area (Å²) in [5.41, 5.74) is 10.4. The van der Waals surface area contributed by atoms with E-state index < -0.39 is 0 Å². The molecule has 2 aliphatic rings. The van der Waals surface area contributed by atoms with Gasteiger partial charge >= 0.3 is 0 Å². The number of fused-ring (bicyclic) bond motifs is 2. The van der Waals surface area contributed by atoms with E-state index in [2.05, 4.69) is 5.32 Å². The number of rotatable bonds is 3.